The lowest BCUT2D eigenvalue weighted by Gasteiger charge is -2.51. The monoisotopic (exact) mass is 298 g/mol. The van der Waals surface area contributed by atoms with Gasteiger partial charge in [0, 0.05) is 6.42 Å². The molecule has 3 fully saturated rings. The summed E-state index contributed by atoms with van der Waals surface area (Å²) in [6, 6.07) is 6.26. The third kappa shape index (κ3) is 1.38. The molecule has 0 unspecified atom stereocenters. The van der Waals surface area contributed by atoms with Crippen molar-refractivity contribution in [2.75, 3.05) is 0 Å². The molecule has 22 heavy (non-hydrogen) atoms. The predicted molar refractivity (Wildman–Crippen MR) is 75.0 cm³/mol. The lowest BCUT2D eigenvalue weighted by atomic mass is 9.52. The lowest BCUT2D eigenvalue weighted by Crippen LogP contribution is -2.63. The maximum absolute atomic E-state index is 9.93. The van der Waals surface area contributed by atoms with Crippen molar-refractivity contribution in [3.8, 4) is 18.2 Å². The normalized spacial score (nSPS) is 41.5. The van der Waals surface area contributed by atoms with Gasteiger partial charge in [-0.3, -0.25) is 5.41 Å². The van der Waals surface area contributed by atoms with Gasteiger partial charge in [0.25, 0.3) is 0 Å². The van der Waals surface area contributed by atoms with Gasteiger partial charge in [0.1, 0.15) is 0 Å². The van der Waals surface area contributed by atoms with Crippen LogP contribution in [0.25, 0.3) is 0 Å². The van der Waals surface area contributed by atoms with E-state index in [0.29, 0.717) is 19.3 Å². The summed E-state index contributed by atoms with van der Waals surface area (Å²) in [6.07, 6.45) is 3.55. The van der Waals surface area contributed by atoms with Gasteiger partial charge in [-0.15, -0.1) is 0 Å². The third-order valence-electron chi connectivity index (χ3n) is 5.48. The molecule has 114 valence electrons. The minimum absolute atomic E-state index is 0.261. The van der Waals surface area contributed by atoms with Crippen LogP contribution in [0.2, 0.25) is 0 Å². The second kappa shape index (κ2) is 4.70. The van der Waals surface area contributed by atoms with E-state index in [2.05, 4.69) is 18.2 Å². The zero-order chi connectivity index (χ0) is 16.0. The van der Waals surface area contributed by atoms with Crippen LogP contribution in [0.1, 0.15) is 45.4 Å². The molecule has 2 saturated heterocycles. The van der Waals surface area contributed by atoms with Gasteiger partial charge in [-0.1, -0.05) is 19.8 Å². The topological polar surface area (TPSA) is 114 Å². The maximum Gasteiger partial charge on any atom is 0.217 e. The highest BCUT2D eigenvalue weighted by atomic mass is 16.7. The highest BCUT2D eigenvalue weighted by Gasteiger charge is 2.79. The van der Waals surface area contributed by atoms with Gasteiger partial charge >= 0.3 is 0 Å². The average molecular weight is 298 g/mol. The van der Waals surface area contributed by atoms with E-state index in [1.54, 1.807) is 0 Å². The molecule has 2 aliphatic heterocycles. The van der Waals surface area contributed by atoms with Crippen molar-refractivity contribution in [1.29, 1.82) is 21.2 Å². The molecule has 0 amide bonds. The van der Waals surface area contributed by atoms with Gasteiger partial charge in [-0.05, 0) is 19.3 Å². The van der Waals surface area contributed by atoms with E-state index in [-0.39, 0.29) is 5.90 Å². The first-order valence-corrected chi connectivity index (χ1v) is 7.76. The smallest absolute Gasteiger partial charge is 0.217 e. The van der Waals surface area contributed by atoms with Crippen LogP contribution in [0.4, 0.5) is 0 Å². The van der Waals surface area contributed by atoms with E-state index < -0.39 is 28.6 Å². The van der Waals surface area contributed by atoms with Crippen molar-refractivity contribution >= 4 is 5.90 Å². The van der Waals surface area contributed by atoms with E-state index in [0.717, 1.165) is 19.3 Å². The quantitative estimate of drug-likeness (QED) is 0.841. The molecular weight excluding hydrogens is 280 g/mol. The molecule has 0 aromatic carbocycles. The minimum atomic E-state index is -1.68. The van der Waals surface area contributed by atoms with E-state index in [1.165, 1.54) is 0 Å². The van der Waals surface area contributed by atoms with Gasteiger partial charge in [0.2, 0.25) is 11.7 Å². The molecule has 0 aromatic rings. The molecule has 3 aliphatic rings. The number of nitriles is 3. The highest BCUT2D eigenvalue weighted by molar-refractivity contribution is 5.89. The molecule has 1 saturated carbocycles. The summed E-state index contributed by atoms with van der Waals surface area (Å²) in [7, 11) is 0. The van der Waals surface area contributed by atoms with Crippen LogP contribution in [0.15, 0.2) is 0 Å². The zero-order valence-corrected chi connectivity index (χ0v) is 12.6. The van der Waals surface area contributed by atoms with Crippen molar-refractivity contribution in [1.82, 2.24) is 0 Å². The molecular formula is C16H18N4O2. The SMILES string of the molecule is CCC[C@@H]1O[C@@]23CCCC[C@H]2[C@](C#N)(C(=N)O3)C1(C#N)C#N. The number of hydrogen-bond acceptors (Lipinski definition) is 6. The van der Waals surface area contributed by atoms with Crippen LogP contribution < -0.4 is 0 Å². The Morgan fingerprint density at radius 3 is 2.55 bits per heavy atom. The van der Waals surface area contributed by atoms with Gasteiger partial charge in [-0.2, -0.15) is 15.8 Å². The summed E-state index contributed by atoms with van der Waals surface area (Å²) >= 11 is 0. The first-order chi connectivity index (χ1) is 10.6. The second-order valence-corrected chi connectivity index (χ2v) is 6.39. The van der Waals surface area contributed by atoms with Crippen molar-refractivity contribution in [3.05, 3.63) is 0 Å². The first kappa shape index (κ1) is 14.8. The summed E-state index contributed by atoms with van der Waals surface area (Å²) in [6.45, 7) is 1.95. The molecule has 6 heteroatoms. The van der Waals surface area contributed by atoms with Crippen molar-refractivity contribution in [2.24, 2.45) is 16.7 Å². The van der Waals surface area contributed by atoms with Crippen LogP contribution in [-0.2, 0) is 9.47 Å². The molecule has 1 N–H and O–H groups in total. The summed E-state index contributed by atoms with van der Waals surface area (Å²) < 4.78 is 11.9. The molecule has 0 aromatic heterocycles. The Morgan fingerprint density at radius 1 is 1.23 bits per heavy atom. The van der Waals surface area contributed by atoms with E-state index in [4.69, 9.17) is 14.9 Å². The first-order valence-electron chi connectivity index (χ1n) is 7.76. The molecule has 1 aliphatic carbocycles. The van der Waals surface area contributed by atoms with Gasteiger partial charge in [0.05, 0.1) is 30.2 Å². The Balaban J connectivity index is 2.26. The number of ether oxygens (including phenoxy) is 2. The Labute approximate surface area is 129 Å². The Kier molecular flexibility index (Phi) is 3.17. The van der Waals surface area contributed by atoms with Crippen LogP contribution in [0.3, 0.4) is 0 Å². The third-order valence-corrected chi connectivity index (χ3v) is 5.48. The second-order valence-electron chi connectivity index (χ2n) is 6.39. The zero-order valence-electron chi connectivity index (χ0n) is 12.6. The van der Waals surface area contributed by atoms with Gasteiger partial charge < -0.3 is 9.47 Å². The Morgan fingerprint density at radius 2 is 1.95 bits per heavy atom. The van der Waals surface area contributed by atoms with Gasteiger partial charge in [-0.25, -0.2) is 0 Å². The fraction of sp³-hybridized carbons (Fsp3) is 0.750. The standard InChI is InChI=1S/C16H18N4O2/c1-2-5-12-14(8-17,9-18)15(10-19)11-6-3-4-7-16(11,21-12)22-13(15)20/h11-12,20H,2-7H2,1H3/t11-,12-,15+,16+/m0/s1. The maximum atomic E-state index is 9.93. The summed E-state index contributed by atoms with van der Waals surface area (Å²) in [4.78, 5) is 0. The molecule has 0 radical (unpaired) electrons. The van der Waals surface area contributed by atoms with Crippen molar-refractivity contribution in [3.63, 3.8) is 0 Å². The van der Waals surface area contributed by atoms with E-state index >= 15 is 0 Å². The van der Waals surface area contributed by atoms with E-state index in [1.807, 2.05) is 6.92 Å². The van der Waals surface area contributed by atoms with Crippen molar-refractivity contribution < 1.29 is 9.47 Å². The minimum Gasteiger partial charge on any atom is -0.447 e. The fourth-order valence-electron chi connectivity index (χ4n) is 4.50. The summed E-state index contributed by atoms with van der Waals surface area (Å²) in [5, 5.41) is 37.8. The van der Waals surface area contributed by atoms with Crippen LogP contribution in [0, 0.1) is 56.2 Å². The van der Waals surface area contributed by atoms with Crippen LogP contribution >= 0.6 is 0 Å². The molecule has 2 bridgehead atoms. The highest BCUT2D eigenvalue weighted by Crippen LogP contribution is 2.66. The lowest BCUT2D eigenvalue weighted by molar-refractivity contribution is -0.292. The molecule has 0 spiro atoms. The Hall–Kier alpha value is -2.10. The summed E-state index contributed by atoms with van der Waals surface area (Å²) in [5.41, 5.74) is -3.20. The number of nitrogens with zero attached hydrogens (tertiary/aromatic N) is 3. The summed E-state index contributed by atoms with van der Waals surface area (Å²) in [5.74, 6) is -1.68. The molecule has 3 rings (SSSR count). The van der Waals surface area contributed by atoms with Crippen molar-refractivity contribution in [2.45, 2.75) is 57.3 Å². The number of hydrogen-bond donors (Lipinski definition) is 1. The predicted octanol–water partition coefficient (Wildman–Crippen LogP) is 2.62. The number of rotatable bonds is 2. The molecule has 4 atom stereocenters. The fourth-order valence-corrected chi connectivity index (χ4v) is 4.50. The Bertz CT molecular complexity index is 626. The van der Waals surface area contributed by atoms with E-state index in [9.17, 15) is 15.8 Å². The molecule has 6 nitrogen and oxygen atoms in total. The van der Waals surface area contributed by atoms with Crippen LogP contribution in [-0.4, -0.2) is 17.8 Å². The van der Waals surface area contributed by atoms with Crippen LogP contribution in [0.5, 0.6) is 0 Å². The number of nitrogens with one attached hydrogen (secondary N) is 1. The average Bonchev–Trinajstić information content (AvgIpc) is 2.74. The largest absolute Gasteiger partial charge is 0.447 e. The molecule has 2 heterocycles. The van der Waals surface area contributed by atoms with Gasteiger partial charge in [0.15, 0.2) is 10.8 Å².